The van der Waals surface area contributed by atoms with Crippen molar-refractivity contribution in [3.63, 3.8) is 0 Å². The quantitative estimate of drug-likeness (QED) is 0.397. The van der Waals surface area contributed by atoms with Gasteiger partial charge in [0.1, 0.15) is 5.03 Å². The summed E-state index contributed by atoms with van der Waals surface area (Å²) in [6.07, 6.45) is 1.89. The van der Waals surface area contributed by atoms with Crippen LogP contribution in [0.3, 0.4) is 0 Å². The largest absolute Gasteiger partial charge is 0.228 e. The van der Waals surface area contributed by atoms with Gasteiger partial charge in [0.15, 0.2) is 5.82 Å². The van der Waals surface area contributed by atoms with E-state index in [4.69, 9.17) is 4.98 Å². The first-order valence-electron chi connectivity index (χ1n) is 6.44. The van der Waals surface area contributed by atoms with Crippen LogP contribution in [0.25, 0.3) is 22.3 Å². The van der Waals surface area contributed by atoms with Crippen LogP contribution in [0.1, 0.15) is 0 Å². The molecule has 0 unspecified atom stereocenters. The van der Waals surface area contributed by atoms with Crippen molar-refractivity contribution in [3.8, 4) is 11.4 Å². The Labute approximate surface area is 122 Å². The average Bonchev–Trinajstić information content (AvgIpc) is 2.53. The monoisotopic (exact) mass is 278 g/mol. The van der Waals surface area contributed by atoms with E-state index in [0.717, 1.165) is 33.1 Å². The lowest BCUT2D eigenvalue weighted by Crippen LogP contribution is -1.93. The Hall–Kier alpha value is -2.13. The van der Waals surface area contributed by atoms with Crippen LogP contribution < -0.4 is 0 Å². The average molecular weight is 278 g/mol. The van der Waals surface area contributed by atoms with E-state index in [0.29, 0.717) is 0 Å². The third kappa shape index (κ3) is 2.58. The summed E-state index contributed by atoms with van der Waals surface area (Å²) >= 11 is 1.69. The molecule has 3 rings (SSSR count). The maximum absolute atomic E-state index is 4.71. The first kappa shape index (κ1) is 12.9. The topological polar surface area (TPSA) is 25.8 Å². The van der Waals surface area contributed by atoms with Crippen molar-refractivity contribution in [1.82, 2.24) is 9.97 Å². The molecule has 2 aromatic carbocycles. The lowest BCUT2D eigenvalue weighted by Gasteiger charge is -2.07. The summed E-state index contributed by atoms with van der Waals surface area (Å²) in [7, 11) is 0. The molecule has 1 aromatic heterocycles. The summed E-state index contributed by atoms with van der Waals surface area (Å²) in [5.41, 5.74) is 2.02. The number of benzene rings is 2. The van der Waals surface area contributed by atoms with Gasteiger partial charge in [-0.25, -0.2) is 9.97 Å². The van der Waals surface area contributed by atoms with Crippen molar-refractivity contribution in [3.05, 3.63) is 67.3 Å². The summed E-state index contributed by atoms with van der Waals surface area (Å²) in [5.74, 6) is 1.62. The molecule has 3 heteroatoms. The number of hydrogen-bond acceptors (Lipinski definition) is 3. The summed E-state index contributed by atoms with van der Waals surface area (Å²) in [5, 5.41) is 2.10. The molecule has 3 aromatic rings. The number of para-hydroxylation sites is 1. The van der Waals surface area contributed by atoms with E-state index in [1.807, 2.05) is 54.6 Å². The minimum atomic E-state index is 0.774. The molecule has 0 aliphatic heterocycles. The zero-order chi connectivity index (χ0) is 13.8. The predicted octanol–water partition coefficient (Wildman–Crippen LogP) is 4.57. The molecule has 1 heterocycles. The second kappa shape index (κ2) is 5.88. The number of hydrogen-bond donors (Lipinski definition) is 0. The van der Waals surface area contributed by atoms with Crippen molar-refractivity contribution in [2.75, 3.05) is 5.75 Å². The molecule has 0 aliphatic rings. The lowest BCUT2D eigenvalue weighted by atomic mass is 10.2. The molecule has 0 N–H and O–H groups in total. The Bertz CT molecular complexity index is 738. The van der Waals surface area contributed by atoms with Gasteiger partial charge in [0.25, 0.3) is 0 Å². The molecule has 2 nitrogen and oxygen atoms in total. The summed E-state index contributed by atoms with van der Waals surface area (Å²) < 4.78 is 0. The van der Waals surface area contributed by atoms with Gasteiger partial charge >= 0.3 is 0 Å². The van der Waals surface area contributed by atoms with Gasteiger partial charge < -0.3 is 0 Å². The molecule has 0 spiro atoms. The van der Waals surface area contributed by atoms with E-state index >= 15 is 0 Å². The van der Waals surface area contributed by atoms with Crippen molar-refractivity contribution in [2.24, 2.45) is 0 Å². The molecular weight excluding hydrogens is 264 g/mol. The number of nitrogens with zero attached hydrogens (tertiary/aromatic N) is 2. The van der Waals surface area contributed by atoms with Crippen LogP contribution >= 0.6 is 11.8 Å². The van der Waals surface area contributed by atoms with Gasteiger partial charge in [-0.15, -0.1) is 18.3 Å². The first-order valence-corrected chi connectivity index (χ1v) is 7.43. The van der Waals surface area contributed by atoms with E-state index in [2.05, 4.69) is 17.6 Å². The van der Waals surface area contributed by atoms with Gasteiger partial charge in [-0.05, 0) is 6.07 Å². The Kier molecular flexibility index (Phi) is 3.79. The number of fused-ring (bicyclic) bond motifs is 1. The van der Waals surface area contributed by atoms with Crippen molar-refractivity contribution in [2.45, 2.75) is 5.03 Å². The maximum Gasteiger partial charge on any atom is 0.161 e. The van der Waals surface area contributed by atoms with E-state index in [9.17, 15) is 0 Å². The minimum absolute atomic E-state index is 0.774. The number of aromatic nitrogens is 2. The van der Waals surface area contributed by atoms with E-state index in [1.54, 1.807) is 11.8 Å². The number of rotatable bonds is 4. The van der Waals surface area contributed by atoms with E-state index < -0.39 is 0 Å². The van der Waals surface area contributed by atoms with Gasteiger partial charge in [0, 0.05) is 16.7 Å². The normalized spacial score (nSPS) is 10.6. The zero-order valence-electron chi connectivity index (χ0n) is 11.0. The zero-order valence-corrected chi connectivity index (χ0v) is 11.8. The highest BCUT2D eigenvalue weighted by Gasteiger charge is 2.08. The van der Waals surface area contributed by atoms with Gasteiger partial charge in [-0.1, -0.05) is 54.6 Å². The van der Waals surface area contributed by atoms with Crippen LogP contribution in [0.2, 0.25) is 0 Å². The van der Waals surface area contributed by atoms with E-state index in [-0.39, 0.29) is 0 Å². The van der Waals surface area contributed by atoms with Crippen LogP contribution in [0, 0.1) is 0 Å². The molecule has 0 fully saturated rings. The van der Waals surface area contributed by atoms with E-state index in [1.165, 1.54) is 0 Å². The predicted molar refractivity (Wildman–Crippen MR) is 85.9 cm³/mol. The summed E-state index contributed by atoms with van der Waals surface area (Å²) in [6.45, 7) is 3.77. The van der Waals surface area contributed by atoms with Crippen LogP contribution in [0.5, 0.6) is 0 Å². The maximum atomic E-state index is 4.71. The molecular formula is C17H14N2S. The molecule has 0 aliphatic carbocycles. The fourth-order valence-corrected chi connectivity index (χ4v) is 2.77. The highest BCUT2D eigenvalue weighted by Crippen LogP contribution is 2.28. The van der Waals surface area contributed by atoms with Crippen molar-refractivity contribution in [1.29, 1.82) is 0 Å². The van der Waals surface area contributed by atoms with Gasteiger partial charge in [-0.2, -0.15) is 0 Å². The fraction of sp³-hybridized carbons (Fsp3) is 0.0588. The fourth-order valence-electron chi connectivity index (χ4n) is 2.01. The highest BCUT2D eigenvalue weighted by molar-refractivity contribution is 7.99. The lowest BCUT2D eigenvalue weighted by molar-refractivity contribution is 1.11. The summed E-state index contributed by atoms with van der Waals surface area (Å²) in [4.78, 5) is 9.38. The Morgan fingerprint density at radius 1 is 0.950 bits per heavy atom. The van der Waals surface area contributed by atoms with Crippen LogP contribution in [0.4, 0.5) is 0 Å². The molecule has 0 saturated heterocycles. The molecule has 98 valence electrons. The Morgan fingerprint density at radius 3 is 2.50 bits per heavy atom. The highest BCUT2D eigenvalue weighted by atomic mass is 32.2. The van der Waals surface area contributed by atoms with Gasteiger partial charge in [0.05, 0.1) is 5.52 Å². The molecule has 20 heavy (non-hydrogen) atoms. The SMILES string of the molecule is C=CCSc1nc(-c2ccccc2)nc2ccccc12. The molecule has 0 saturated carbocycles. The van der Waals surface area contributed by atoms with Crippen molar-refractivity contribution >= 4 is 22.7 Å². The van der Waals surface area contributed by atoms with Crippen molar-refractivity contribution < 1.29 is 0 Å². The minimum Gasteiger partial charge on any atom is -0.228 e. The third-order valence-electron chi connectivity index (χ3n) is 2.94. The molecule has 0 radical (unpaired) electrons. The molecule has 0 bridgehead atoms. The van der Waals surface area contributed by atoms with Crippen LogP contribution in [-0.2, 0) is 0 Å². The first-order chi connectivity index (χ1) is 9.88. The van der Waals surface area contributed by atoms with Crippen LogP contribution in [0.15, 0.2) is 72.3 Å². The summed E-state index contributed by atoms with van der Waals surface area (Å²) in [6, 6.07) is 18.2. The smallest absolute Gasteiger partial charge is 0.161 e. The third-order valence-corrected chi connectivity index (χ3v) is 3.93. The van der Waals surface area contributed by atoms with Gasteiger partial charge in [-0.3, -0.25) is 0 Å². The number of thioether (sulfide) groups is 1. The molecule has 0 atom stereocenters. The second-order valence-corrected chi connectivity index (χ2v) is 5.34. The second-order valence-electron chi connectivity index (χ2n) is 4.34. The standard InChI is InChI=1S/C17H14N2S/c1-2-12-20-17-14-10-6-7-11-15(14)18-16(19-17)13-8-4-3-5-9-13/h2-11H,1,12H2. The molecule has 0 amide bonds. The van der Waals surface area contributed by atoms with Crippen LogP contribution in [-0.4, -0.2) is 15.7 Å². The van der Waals surface area contributed by atoms with Gasteiger partial charge in [0.2, 0.25) is 0 Å². The Balaban J connectivity index is 2.17. The Morgan fingerprint density at radius 2 is 1.70 bits per heavy atom.